The fourth-order valence-electron chi connectivity index (χ4n) is 1.20. The van der Waals surface area contributed by atoms with Crippen molar-refractivity contribution in [2.24, 2.45) is 5.16 Å². The molecular formula is C12H23NO3. The maximum Gasteiger partial charge on any atom is 0.140 e. The second kappa shape index (κ2) is 10.5. The minimum Gasteiger partial charge on any atom is -0.492 e. The third kappa shape index (κ3) is 6.45. The topological polar surface area (TPSA) is 62.0 Å². The van der Waals surface area contributed by atoms with Gasteiger partial charge in [0.25, 0.3) is 0 Å². The van der Waals surface area contributed by atoms with Crippen molar-refractivity contribution in [3.05, 3.63) is 11.8 Å². The highest BCUT2D eigenvalue weighted by Gasteiger charge is 2.12. The molecule has 0 aliphatic heterocycles. The number of hydrogen-bond donors (Lipinski definition) is 2. The molecule has 1 aliphatic carbocycles. The van der Waals surface area contributed by atoms with Gasteiger partial charge in [-0.05, 0) is 38.2 Å². The van der Waals surface area contributed by atoms with E-state index in [2.05, 4.69) is 12.1 Å². The molecule has 0 fully saturated rings. The highest BCUT2D eigenvalue weighted by Crippen LogP contribution is 2.16. The molecule has 0 aromatic rings. The van der Waals surface area contributed by atoms with E-state index < -0.39 is 0 Å². The predicted octanol–water partition coefficient (Wildman–Crippen LogP) is 2.70. The minimum atomic E-state index is 0.319. The summed E-state index contributed by atoms with van der Waals surface area (Å²) in [5.41, 5.74) is 0.690. The van der Waals surface area contributed by atoms with Crippen LogP contribution in [0, 0.1) is 0 Å². The summed E-state index contributed by atoms with van der Waals surface area (Å²) >= 11 is 0. The molecule has 0 saturated carbocycles. The molecule has 0 aromatic carbocycles. The van der Waals surface area contributed by atoms with Crippen LogP contribution in [0.2, 0.25) is 0 Å². The molecule has 0 amide bonds. The van der Waals surface area contributed by atoms with Crippen LogP contribution in [0.25, 0.3) is 0 Å². The molecular weight excluding hydrogens is 206 g/mol. The van der Waals surface area contributed by atoms with Gasteiger partial charge in [0.2, 0.25) is 0 Å². The minimum absolute atomic E-state index is 0.319. The summed E-state index contributed by atoms with van der Waals surface area (Å²) in [6.45, 7) is 5.00. The molecule has 1 aliphatic rings. The van der Waals surface area contributed by atoms with Gasteiger partial charge in [-0.1, -0.05) is 19.0 Å². The number of allylic oxidation sites excluding steroid dienone is 2. The Morgan fingerprint density at radius 3 is 2.56 bits per heavy atom. The van der Waals surface area contributed by atoms with Gasteiger partial charge in [-0.3, -0.25) is 0 Å². The molecule has 0 atom stereocenters. The van der Waals surface area contributed by atoms with E-state index in [1.807, 2.05) is 13.0 Å². The second-order valence-electron chi connectivity index (χ2n) is 3.58. The van der Waals surface area contributed by atoms with Crippen molar-refractivity contribution in [1.82, 2.24) is 0 Å². The van der Waals surface area contributed by atoms with E-state index in [0.29, 0.717) is 18.9 Å². The molecule has 4 nitrogen and oxygen atoms in total. The third-order valence-electron chi connectivity index (χ3n) is 2.04. The van der Waals surface area contributed by atoms with Gasteiger partial charge in [0.15, 0.2) is 0 Å². The normalized spacial score (nSPS) is 17.4. The first-order chi connectivity index (χ1) is 7.79. The van der Waals surface area contributed by atoms with E-state index in [-0.39, 0.29) is 0 Å². The number of aliphatic hydroxyl groups excluding tert-OH is 1. The number of oxime groups is 1. The second-order valence-corrected chi connectivity index (χ2v) is 3.58. The van der Waals surface area contributed by atoms with Crippen molar-refractivity contribution >= 4 is 5.71 Å². The molecule has 1 rings (SSSR count). The predicted molar refractivity (Wildman–Crippen MR) is 64.8 cm³/mol. The average molecular weight is 229 g/mol. The first-order valence-corrected chi connectivity index (χ1v) is 5.95. The zero-order valence-electron chi connectivity index (χ0n) is 10.3. The van der Waals surface area contributed by atoms with Crippen molar-refractivity contribution in [2.75, 3.05) is 13.2 Å². The van der Waals surface area contributed by atoms with Crippen LogP contribution < -0.4 is 0 Å². The fourth-order valence-corrected chi connectivity index (χ4v) is 1.20. The quantitative estimate of drug-likeness (QED) is 0.575. The third-order valence-corrected chi connectivity index (χ3v) is 2.04. The lowest BCUT2D eigenvalue weighted by Crippen LogP contribution is -2.11. The van der Waals surface area contributed by atoms with Crippen LogP contribution in [0.1, 0.15) is 46.0 Å². The summed E-state index contributed by atoms with van der Waals surface area (Å²) in [6.07, 6.45) is 6.76. The van der Waals surface area contributed by atoms with Crippen molar-refractivity contribution in [2.45, 2.75) is 46.0 Å². The van der Waals surface area contributed by atoms with Crippen molar-refractivity contribution in [1.29, 1.82) is 0 Å². The first-order valence-electron chi connectivity index (χ1n) is 5.95. The number of ether oxygens (including phenoxy) is 1. The molecule has 94 valence electrons. The van der Waals surface area contributed by atoms with Gasteiger partial charge in [0.1, 0.15) is 11.5 Å². The van der Waals surface area contributed by atoms with E-state index in [1.54, 1.807) is 0 Å². The number of nitrogens with zero attached hydrogens (tertiary/aromatic N) is 1. The maximum atomic E-state index is 8.63. The Balaban J connectivity index is 0.000000487. The molecule has 0 heterocycles. The summed E-state index contributed by atoms with van der Waals surface area (Å²) in [5.74, 6) is 0.769. The monoisotopic (exact) mass is 229 g/mol. The largest absolute Gasteiger partial charge is 0.492 e. The van der Waals surface area contributed by atoms with E-state index in [9.17, 15) is 0 Å². The van der Waals surface area contributed by atoms with E-state index in [0.717, 1.165) is 37.9 Å². The van der Waals surface area contributed by atoms with Gasteiger partial charge in [-0.15, -0.1) is 0 Å². The molecule has 0 aromatic heterocycles. The lowest BCUT2D eigenvalue weighted by atomic mass is 10.0. The zero-order valence-corrected chi connectivity index (χ0v) is 10.3. The SMILES string of the molecule is CCCO.CCCOC1=CCCCC1=NO. The van der Waals surface area contributed by atoms with Crippen molar-refractivity contribution in [3.8, 4) is 0 Å². The standard InChI is InChI=1S/C9H15NO2.C3H8O/c1-2-7-12-9-6-4-3-5-8(9)10-11;1-2-3-4/h6,11H,2-5,7H2,1H3;4H,2-3H2,1H3. The zero-order chi connectivity index (χ0) is 12.2. The summed E-state index contributed by atoms with van der Waals surface area (Å²) in [6, 6.07) is 0. The molecule has 16 heavy (non-hydrogen) atoms. The Hall–Kier alpha value is -1.03. The molecule has 0 radical (unpaired) electrons. The summed E-state index contributed by atoms with van der Waals surface area (Å²) < 4.78 is 5.41. The van der Waals surface area contributed by atoms with Gasteiger partial charge >= 0.3 is 0 Å². The van der Waals surface area contributed by atoms with Crippen molar-refractivity contribution < 1.29 is 15.1 Å². The number of rotatable bonds is 4. The molecule has 0 spiro atoms. The van der Waals surface area contributed by atoms with Crippen LogP contribution >= 0.6 is 0 Å². The summed E-state index contributed by atoms with van der Waals surface area (Å²) in [4.78, 5) is 0. The van der Waals surface area contributed by atoms with E-state index in [4.69, 9.17) is 15.1 Å². The highest BCUT2D eigenvalue weighted by molar-refractivity contribution is 5.98. The van der Waals surface area contributed by atoms with Gasteiger partial charge in [0.05, 0.1) is 6.61 Å². The Morgan fingerprint density at radius 2 is 2.06 bits per heavy atom. The Kier molecular flexibility index (Phi) is 9.81. The summed E-state index contributed by atoms with van der Waals surface area (Å²) in [5, 5.41) is 19.7. The Bertz CT molecular complexity index is 222. The van der Waals surface area contributed by atoms with Crippen molar-refractivity contribution in [3.63, 3.8) is 0 Å². The van der Waals surface area contributed by atoms with Crippen LogP contribution in [0.4, 0.5) is 0 Å². The lowest BCUT2D eigenvalue weighted by molar-refractivity contribution is 0.223. The maximum absolute atomic E-state index is 8.63. The number of hydrogen-bond acceptors (Lipinski definition) is 4. The van der Waals surface area contributed by atoms with Crippen LogP contribution in [0.3, 0.4) is 0 Å². The van der Waals surface area contributed by atoms with Gasteiger partial charge in [-0.25, -0.2) is 0 Å². The molecule has 2 N–H and O–H groups in total. The first kappa shape index (κ1) is 15.0. The molecule has 0 saturated heterocycles. The van der Waals surface area contributed by atoms with E-state index in [1.165, 1.54) is 0 Å². The van der Waals surface area contributed by atoms with Crippen LogP contribution in [0.5, 0.6) is 0 Å². The molecule has 0 bridgehead atoms. The van der Waals surface area contributed by atoms with Gasteiger partial charge in [-0.2, -0.15) is 0 Å². The summed E-state index contributed by atoms with van der Waals surface area (Å²) in [7, 11) is 0. The number of aliphatic hydroxyl groups is 1. The Labute approximate surface area is 97.6 Å². The van der Waals surface area contributed by atoms with E-state index >= 15 is 0 Å². The average Bonchev–Trinajstić information content (AvgIpc) is 2.37. The highest BCUT2D eigenvalue weighted by atomic mass is 16.5. The molecule has 0 unspecified atom stereocenters. The van der Waals surface area contributed by atoms with Crippen LogP contribution in [-0.4, -0.2) is 29.2 Å². The van der Waals surface area contributed by atoms with Crippen LogP contribution in [0.15, 0.2) is 17.0 Å². The smallest absolute Gasteiger partial charge is 0.140 e. The van der Waals surface area contributed by atoms with Crippen LogP contribution in [-0.2, 0) is 4.74 Å². The Morgan fingerprint density at radius 1 is 1.38 bits per heavy atom. The van der Waals surface area contributed by atoms with Gasteiger partial charge < -0.3 is 15.1 Å². The molecule has 4 heteroatoms. The fraction of sp³-hybridized carbons (Fsp3) is 0.750. The van der Waals surface area contributed by atoms with Gasteiger partial charge in [0, 0.05) is 6.61 Å². The lowest BCUT2D eigenvalue weighted by Gasteiger charge is -2.14.